The monoisotopic (exact) mass is 429 g/mol. The Bertz CT molecular complexity index is 280. The Balaban J connectivity index is 0. The van der Waals surface area contributed by atoms with Crippen molar-refractivity contribution in [3.05, 3.63) is 20.0 Å². The molecule has 1 unspecified atom stereocenters. The first-order valence-electron chi connectivity index (χ1n) is 5.87. The summed E-state index contributed by atoms with van der Waals surface area (Å²) in [7, 11) is 0. The number of hydrogen-bond acceptors (Lipinski definition) is 0. The molecule has 0 aromatic heterocycles. The van der Waals surface area contributed by atoms with Gasteiger partial charge in [0.1, 0.15) is 0 Å². The van der Waals surface area contributed by atoms with Crippen molar-refractivity contribution in [1.29, 1.82) is 0 Å². The summed E-state index contributed by atoms with van der Waals surface area (Å²) in [6, 6.07) is 0. The van der Waals surface area contributed by atoms with E-state index >= 15 is 0 Å². The molecule has 1 aliphatic carbocycles. The van der Waals surface area contributed by atoms with Gasteiger partial charge in [0.15, 0.2) is 0 Å². The van der Waals surface area contributed by atoms with Gasteiger partial charge in [-0.05, 0) is 0 Å². The second-order valence-electron chi connectivity index (χ2n) is 3.92. The third kappa shape index (κ3) is 3.46. The average molecular weight is 429 g/mol. The van der Waals surface area contributed by atoms with Gasteiger partial charge >= 0.3 is 104 Å². The number of rotatable bonds is 4. The van der Waals surface area contributed by atoms with Gasteiger partial charge in [-0.15, -0.1) is 24.8 Å². The van der Waals surface area contributed by atoms with E-state index in [0.717, 1.165) is 5.92 Å². The van der Waals surface area contributed by atoms with Crippen molar-refractivity contribution in [3.63, 3.8) is 0 Å². The van der Waals surface area contributed by atoms with Crippen LogP contribution in [0.2, 0.25) is 0 Å². The predicted molar refractivity (Wildman–Crippen MR) is 73.2 cm³/mol. The molecule has 0 radical (unpaired) electrons. The Hall–Kier alpha value is 0.930. The molecule has 0 heterocycles. The summed E-state index contributed by atoms with van der Waals surface area (Å²) in [5.41, 5.74) is 5.20. The summed E-state index contributed by atoms with van der Waals surface area (Å²) in [5.74, 6) is 0.830. The molecule has 0 spiro atoms. The van der Waals surface area contributed by atoms with Crippen molar-refractivity contribution in [3.8, 4) is 0 Å². The second kappa shape index (κ2) is 8.94. The van der Waals surface area contributed by atoms with Crippen molar-refractivity contribution in [2.24, 2.45) is 5.92 Å². The molecule has 0 saturated heterocycles. The van der Waals surface area contributed by atoms with Gasteiger partial charge in [0.05, 0.1) is 0 Å². The Morgan fingerprint density at radius 3 is 1.69 bits per heavy atom. The van der Waals surface area contributed by atoms with Gasteiger partial charge in [-0.3, -0.25) is 0 Å². The Morgan fingerprint density at radius 2 is 1.38 bits per heavy atom. The van der Waals surface area contributed by atoms with Gasteiger partial charge in [0, 0.05) is 0 Å². The molecule has 1 rings (SSSR count). The van der Waals surface area contributed by atoms with Crippen LogP contribution in [0.5, 0.6) is 0 Å². The summed E-state index contributed by atoms with van der Waals surface area (Å²) in [5, 5.41) is 0. The molecule has 0 fully saturated rings. The quantitative estimate of drug-likeness (QED) is 0.540. The van der Waals surface area contributed by atoms with Crippen molar-refractivity contribution in [1.82, 2.24) is 0 Å². The van der Waals surface area contributed by atoms with E-state index in [0.29, 0.717) is 0 Å². The van der Waals surface area contributed by atoms with Crippen LogP contribution in [0.25, 0.3) is 0 Å². The van der Waals surface area contributed by atoms with E-state index in [1.54, 1.807) is 20.0 Å². The molecule has 0 amide bonds. The van der Waals surface area contributed by atoms with Crippen LogP contribution >= 0.6 is 24.8 Å². The van der Waals surface area contributed by atoms with E-state index in [9.17, 15) is 0 Å². The van der Waals surface area contributed by atoms with Gasteiger partial charge in [-0.2, -0.15) is 0 Å². The van der Waals surface area contributed by atoms with Gasteiger partial charge in [-0.25, -0.2) is 0 Å². The molecule has 93 valence electrons. The molecular formula is C13H23Cl2Hf. The number of hydrogen-bond donors (Lipinski definition) is 0. The van der Waals surface area contributed by atoms with Crippen LogP contribution in [0.4, 0.5) is 0 Å². The normalized spacial score (nSPS) is 19.6. The Kier molecular flexibility index (Phi) is 10.8. The van der Waals surface area contributed by atoms with Crippen LogP contribution in [-0.4, -0.2) is 0 Å². The van der Waals surface area contributed by atoms with Crippen LogP contribution in [0, 0.1) is 5.92 Å². The molecular weight excluding hydrogens is 406 g/mol. The van der Waals surface area contributed by atoms with E-state index in [-0.39, 0.29) is 24.8 Å². The average Bonchev–Trinajstić information content (AvgIpc) is 2.48. The molecule has 3 heteroatoms. The zero-order chi connectivity index (χ0) is 10.7. The summed E-state index contributed by atoms with van der Waals surface area (Å²) < 4.78 is 1.80. The van der Waals surface area contributed by atoms with Crippen LogP contribution in [0.1, 0.15) is 53.4 Å². The molecule has 0 nitrogen and oxygen atoms in total. The van der Waals surface area contributed by atoms with Gasteiger partial charge < -0.3 is 0 Å². The van der Waals surface area contributed by atoms with Crippen molar-refractivity contribution in [2.45, 2.75) is 53.4 Å². The fourth-order valence-corrected chi connectivity index (χ4v) is 5.24. The molecule has 0 saturated carbocycles. The number of allylic oxidation sites excluding steroid dienone is 4. The second-order valence-corrected chi connectivity index (χ2v) is 5.85. The first kappa shape index (κ1) is 19.3. The third-order valence-corrected chi connectivity index (χ3v) is 5.68. The van der Waals surface area contributed by atoms with E-state index in [2.05, 4.69) is 27.7 Å². The van der Waals surface area contributed by atoms with Gasteiger partial charge in [0.2, 0.25) is 0 Å². The van der Waals surface area contributed by atoms with E-state index in [4.69, 9.17) is 0 Å². The largest absolute Gasteiger partial charge is 0.147 e. The fourth-order valence-electron chi connectivity index (χ4n) is 2.71. The van der Waals surface area contributed by atoms with Crippen LogP contribution < -0.4 is 0 Å². The Morgan fingerprint density at radius 1 is 0.875 bits per heavy atom. The maximum absolute atomic E-state index is 2.34. The molecule has 16 heavy (non-hydrogen) atoms. The number of halogens is 2. The predicted octanol–water partition coefficient (Wildman–Crippen LogP) is 5.20. The Labute approximate surface area is 128 Å². The van der Waals surface area contributed by atoms with Crippen molar-refractivity contribution in [2.75, 3.05) is 0 Å². The smallest absolute Gasteiger partial charge is 0.147 e. The molecule has 1 atom stereocenters. The first-order chi connectivity index (χ1) is 6.71. The zero-order valence-electron chi connectivity index (χ0n) is 10.7. The maximum atomic E-state index is 2.34. The topological polar surface area (TPSA) is 0 Å². The third-order valence-electron chi connectivity index (χ3n) is 3.34. The molecule has 0 bridgehead atoms. The fraction of sp³-hybridized carbons (Fsp3) is 0.692. The maximum Gasteiger partial charge on any atom is -0.147 e. The molecule has 0 N–H and O–H groups in total. The van der Waals surface area contributed by atoms with Gasteiger partial charge in [0.25, 0.3) is 0 Å². The van der Waals surface area contributed by atoms with Crippen LogP contribution in [-0.2, 0) is 24.4 Å². The van der Waals surface area contributed by atoms with Crippen molar-refractivity contribution >= 4 is 24.8 Å². The van der Waals surface area contributed by atoms with Gasteiger partial charge in [-0.1, -0.05) is 0 Å². The summed E-state index contributed by atoms with van der Waals surface area (Å²) in [4.78, 5) is 0. The first-order valence-corrected chi connectivity index (χ1v) is 7.67. The summed E-state index contributed by atoms with van der Waals surface area (Å²) in [6.45, 7) is 9.28. The molecule has 0 aliphatic heterocycles. The zero-order valence-corrected chi connectivity index (χ0v) is 15.9. The standard InChI is InChI=1S/C13H21.2ClH.Hf/c1-5-10-9-11(6-2)13(8-4)12(10)7-3;;;/h10H,5-8H2,1-4H3;2*1H;. The van der Waals surface area contributed by atoms with Crippen LogP contribution in [0.15, 0.2) is 20.0 Å². The molecule has 0 aromatic carbocycles. The van der Waals surface area contributed by atoms with E-state index < -0.39 is 0 Å². The van der Waals surface area contributed by atoms with E-state index in [1.165, 1.54) is 50.1 Å². The molecule has 0 aromatic rings. The minimum absolute atomic E-state index is 0. The summed E-state index contributed by atoms with van der Waals surface area (Å²) in [6.07, 6.45) is 5.07. The SMILES string of the molecule is CCC1=[C]([Hf])C(CC)C(CC)=C1CC.Cl.Cl. The summed E-state index contributed by atoms with van der Waals surface area (Å²) >= 11 is 1.26. The van der Waals surface area contributed by atoms with Crippen molar-refractivity contribution < 1.29 is 24.4 Å². The van der Waals surface area contributed by atoms with Crippen LogP contribution in [0.3, 0.4) is 0 Å². The van der Waals surface area contributed by atoms with E-state index in [1.807, 2.05) is 0 Å². The molecule has 1 aliphatic rings. The minimum atomic E-state index is 0. The minimum Gasteiger partial charge on any atom is -0.147 e.